The van der Waals surface area contributed by atoms with E-state index in [1.807, 2.05) is 59.7 Å². The zero-order valence-electron chi connectivity index (χ0n) is 31.2. The lowest BCUT2D eigenvalue weighted by Gasteiger charge is -2.16. The van der Waals surface area contributed by atoms with E-state index in [2.05, 4.69) is 25.5 Å². The highest BCUT2D eigenvalue weighted by molar-refractivity contribution is 6.06. The molecule has 0 radical (unpaired) electrons. The van der Waals surface area contributed by atoms with Crippen LogP contribution < -0.4 is 15.2 Å². The molecule has 284 valence electrons. The van der Waals surface area contributed by atoms with E-state index in [9.17, 15) is 32.3 Å². The molecule has 4 unspecified atom stereocenters. The third kappa shape index (κ3) is 9.59. The zero-order valence-corrected chi connectivity index (χ0v) is 31.2. The summed E-state index contributed by atoms with van der Waals surface area (Å²) >= 11 is 0. The molecular formula is C40H46F4N4O5. The standard InChI is InChI=1S/C22H28F4N2O3.C18H18N2O2/c1-5-6-12(9-11(2)3)20(29)28-19(27)13-7-8-16-18(31-22(25,26)30-16)17(13)14-10-15(14)21(4,23)24;1-10-5-15(9-20-16(10)8-19)17-11(2)6-14(7-12(17)3)18(22)13(4)21/h7-8,11-12,14-15H,5-6,9-10H2,1-4H3,(H2,27,28,29);5-7,9,18,22H,1-4H3. The maximum absolute atomic E-state index is 13.9. The van der Waals surface area contributed by atoms with Gasteiger partial charge in [-0.05, 0) is 112 Å². The van der Waals surface area contributed by atoms with E-state index >= 15 is 0 Å². The lowest BCUT2D eigenvalue weighted by atomic mass is 9.91. The number of alkyl halides is 4. The fourth-order valence-electron chi connectivity index (χ4n) is 6.90. The summed E-state index contributed by atoms with van der Waals surface area (Å²) in [6.07, 6.45) is -1.17. The van der Waals surface area contributed by atoms with Gasteiger partial charge in [-0.15, -0.1) is 8.78 Å². The molecule has 1 saturated carbocycles. The Balaban J connectivity index is 0.000000251. The summed E-state index contributed by atoms with van der Waals surface area (Å²) in [5, 5.41) is 18.9. The van der Waals surface area contributed by atoms with Gasteiger partial charge in [0.1, 0.15) is 23.7 Å². The van der Waals surface area contributed by atoms with Gasteiger partial charge < -0.3 is 20.3 Å². The van der Waals surface area contributed by atoms with Gasteiger partial charge in [-0.25, -0.2) is 13.8 Å². The van der Waals surface area contributed by atoms with Gasteiger partial charge in [0.25, 0.3) is 5.91 Å². The van der Waals surface area contributed by atoms with Crippen molar-refractivity contribution in [3.05, 3.63) is 75.6 Å². The highest BCUT2D eigenvalue weighted by Gasteiger charge is 2.56. The predicted octanol–water partition coefficient (Wildman–Crippen LogP) is 8.63. The minimum absolute atomic E-state index is 0.0783. The molecule has 2 heterocycles. The quantitative estimate of drug-likeness (QED) is 0.113. The molecule has 1 amide bonds. The van der Waals surface area contributed by atoms with Gasteiger partial charge in [0.05, 0.1) is 0 Å². The van der Waals surface area contributed by atoms with Crippen molar-refractivity contribution in [2.45, 2.75) is 105 Å². The van der Waals surface area contributed by atoms with E-state index in [1.54, 1.807) is 6.20 Å². The number of aliphatic hydroxyl groups is 1. The number of aromatic nitrogens is 1. The Morgan fingerprint density at radius 3 is 2.28 bits per heavy atom. The number of amidine groups is 1. The minimum Gasteiger partial charge on any atom is -0.395 e. The number of aliphatic hydroxyl groups excluding tert-OH is 1. The molecule has 0 saturated heterocycles. The fraction of sp³-hybridized carbons (Fsp3) is 0.475. The molecule has 1 aromatic heterocycles. The van der Waals surface area contributed by atoms with Crippen molar-refractivity contribution in [3.63, 3.8) is 0 Å². The highest BCUT2D eigenvalue weighted by atomic mass is 19.3. The van der Waals surface area contributed by atoms with Crippen LogP contribution in [-0.4, -0.2) is 39.8 Å². The number of aliphatic imine (C=N–C) groups is 1. The molecule has 0 bridgehead atoms. The molecule has 3 aromatic rings. The maximum atomic E-state index is 13.9. The number of pyridine rings is 1. The number of fused-ring (bicyclic) bond motifs is 1. The number of rotatable bonds is 11. The maximum Gasteiger partial charge on any atom is 0.586 e. The second kappa shape index (κ2) is 16.0. The second-order valence-electron chi connectivity index (χ2n) is 14.4. The normalized spacial score (nSPS) is 18.5. The van der Waals surface area contributed by atoms with Crippen molar-refractivity contribution in [2.24, 2.45) is 28.5 Å². The van der Waals surface area contributed by atoms with Gasteiger partial charge in [0.15, 0.2) is 17.3 Å². The van der Waals surface area contributed by atoms with E-state index < -0.39 is 36.1 Å². The van der Waals surface area contributed by atoms with Crippen LogP contribution in [0.3, 0.4) is 0 Å². The molecule has 2 aliphatic rings. The van der Waals surface area contributed by atoms with Crippen LogP contribution in [0.4, 0.5) is 17.6 Å². The SMILES string of the molecule is CC(=O)C(O)c1cc(C)c(-c2cnc(C#N)c(C)c2)c(C)c1.CCCC(CC(C)C)C(=O)N=C(N)c1ccc2c(c1C1CC1C(C)(F)F)OC(F)(F)O2. The number of Topliss-reactive ketones (excluding diaryl/α,β-unsaturated/α-hetero) is 1. The second-order valence-corrected chi connectivity index (χ2v) is 14.4. The van der Waals surface area contributed by atoms with Crippen LogP contribution in [0.5, 0.6) is 11.5 Å². The Bertz CT molecular complexity index is 1930. The van der Waals surface area contributed by atoms with Crippen molar-refractivity contribution in [2.75, 3.05) is 0 Å². The van der Waals surface area contributed by atoms with Crippen LogP contribution in [0, 0.1) is 49.9 Å². The first-order valence-electron chi connectivity index (χ1n) is 17.5. The number of halogens is 4. The van der Waals surface area contributed by atoms with Crippen LogP contribution in [-0.2, 0) is 9.59 Å². The summed E-state index contributed by atoms with van der Waals surface area (Å²) in [5.41, 5.74) is 12.0. The molecule has 3 N–H and O–H groups in total. The molecule has 1 fully saturated rings. The van der Waals surface area contributed by atoms with Gasteiger partial charge in [-0.2, -0.15) is 10.3 Å². The molecule has 1 aliphatic heterocycles. The Hall–Kier alpha value is -4.83. The third-order valence-corrected chi connectivity index (χ3v) is 9.40. The minimum atomic E-state index is -3.90. The molecule has 1 aliphatic carbocycles. The number of hydrogen-bond donors (Lipinski definition) is 2. The number of benzene rings is 2. The first-order chi connectivity index (χ1) is 24.7. The topological polar surface area (TPSA) is 148 Å². The van der Waals surface area contributed by atoms with Gasteiger partial charge >= 0.3 is 6.29 Å². The van der Waals surface area contributed by atoms with Crippen LogP contribution in [0.15, 0.2) is 41.5 Å². The third-order valence-electron chi connectivity index (χ3n) is 9.40. The largest absolute Gasteiger partial charge is 0.586 e. The van der Waals surface area contributed by atoms with E-state index in [1.165, 1.54) is 19.1 Å². The molecular weight excluding hydrogens is 692 g/mol. The summed E-state index contributed by atoms with van der Waals surface area (Å²) in [6.45, 7) is 13.8. The molecule has 0 spiro atoms. The lowest BCUT2D eigenvalue weighted by molar-refractivity contribution is -0.287. The number of hydrogen-bond acceptors (Lipinski definition) is 7. The van der Waals surface area contributed by atoms with Crippen molar-refractivity contribution >= 4 is 17.5 Å². The zero-order chi connectivity index (χ0) is 39.6. The monoisotopic (exact) mass is 738 g/mol. The van der Waals surface area contributed by atoms with Crippen LogP contribution in [0.2, 0.25) is 0 Å². The van der Waals surface area contributed by atoms with E-state index in [-0.39, 0.29) is 52.5 Å². The van der Waals surface area contributed by atoms with Crippen molar-refractivity contribution in [1.29, 1.82) is 5.26 Å². The fourth-order valence-corrected chi connectivity index (χ4v) is 6.90. The number of carbonyl (C=O) groups excluding carboxylic acids is 2. The molecule has 2 aromatic carbocycles. The van der Waals surface area contributed by atoms with Crippen molar-refractivity contribution in [3.8, 4) is 28.7 Å². The first kappa shape index (κ1) is 40.9. The number of nitriles is 1. The molecule has 9 nitrogen and oxygen atoms in total. The number of nitrogens with zero attached hydrogens (tertiary/aromatic N) is 3. The van der Waals surface area contributed by atoms with Crippen molar-refractivity contribution < 1.29 is 41.7 Å². The van der Waals surface area contributed by atoms with Gasteiger partial charge in [0, 0.05) is 34.7 Å². The van der Waals surface area contributed by atoms with Crippen LogP contribution >= 0.6 is 0 Å². The smallest absolute Gasteiger partial charge is 0.395 e. The number of aryl methyl sites for hydroxylation is 3. The number of carbonyl (C=O) groups is 2. The molecule has 5 rings (SSSR count). The molecule has 13 heteroatoms. The number of nitrogens with two attached hydrogens (primary N) is 1. The first-order valence-corrected chi connectivity index (χ1v) is 17.5. The van der Waals surface area contributed by atoms with E-state index in [0.717, 1.165) is 41.2 Å². The van der Waals surface area contributed by atoms with Crippen molar-refractivity contribution in [1.82, 2.24) is 4.98 Å². The van der Waals surface area contributed by atoms with E-state index in [4.69, 9.17) is 11.0 Å². The Morgan fingerprint density at radius 2 is 1.77 bits per heavy atom. The number of ketones is 1. The average molecular weight is 739 g/mol. The van der Waals surface area contributed by atoms with E-state index in [0.29, 0.717) is 24.1 Å². The number of ether oxygens (including phenoxy) is 2. The molecule has 53 heavy (non-hydrogen) atoms. The number of amides is 1. The van der Waals surface area contributed by atoms with Crippen LogP contribution in [0.25, 0.3) is 11.1 Å². The summed E-state index contributed by atoms with van der Waals surface area (Å²) in [7, 11) is 0. The summed E-state index contributed by atoms with van der Waals surface area (Å²) in [5.74, 6) is -6.31. The summed E-state index contributed by atoms with van der Waals surface area (Å²) < 4.78 is 64.2. The Labute approximate surface area is 307 Å². The predicted molar refractivity (Wildman–Crippen MR) is 192 cm³/mol. The van der Waals surface area contributed by atoms with Gasteiger partial charge in [-0.3, -0.25) is 9.59 Å². The average Bonchev–Trinajstić information content (AvgIpc) is 3.79. The highest BCUT2D eigenvalue weighted by Crippen LogP contribution is 2.60. The Morgan fingerprint density at radius 1 is 1.13 bits per heavy atom. The Kier molecular flexibility index (Phi) is 12.4. The summed E-state index contributed by atoms with van der Waals surface area (Å²) in [4.78, 5) is 32.3. The lowest BCUT2D eigenvalue weighted by Crippen LogP contribution is -2.26. The van der Waals surface area contributed by atoms with Crippen LogP contribution in [0.1, 0.15) is 111 Å². The molecule has 4 atom stereocenters. The van der Waals surface area contributed by atoms with Gasteiger partial charge in [0.2, 0.25) is 5.92 Å². The van der Waals surface area contributed by atoms with Gasteiger partial charge in [-0.1, -0.05) is 39.3 Å². The summed E-state index contributed by atoms with van der Waals surface area (Å²) in [6, 6.07) is 10.2.